The first-order chi connectivity index (χ1) is 13.2. The maximum atomic E-state index is 12.7. The van der Waals surface area contributed by atoms with Gasteiger partial charge in [-0.3, -0.25) is 9.59 Å². The van der Waals surface area contributed by atoms with Crippen LogP contribution in [0.1, 0.15) is 37.0 Å². The molecular weight excluding hydrogens is 340 g/mol. The molecule has 27 heavy (non-hydrogen) atoms. The molecule has 0 fully saturated rings. The highest BCUT2D eigenvalue weighted by molar-refractivity contribution is 6.02. The molecule has 0 saturated carbocycles. The maximum Gasteiger partial charge on any atom is 0.324 e. The number of ether oxygens (including phenoxy) is 2. The molecule has 0 bridgehead atoms. The molecular formula is C23H24O4. The number of carbonyl (C=O) groups is 2. The predicted octanol–water partition coefficient (Wildman–Crippen LogP) is 4.18. The smallest absolute Gasteiger partial charge is 0.324 e. The number of carbonyl (C=O) groups excluding carboxylic acids is 2. The summed E-state index contributed by atoms with van der Waals surface area (Å²) in [6.07, 6.45) is 1.39. The van der Waals surface area contributed by atoms with Gasteiger partial charge in [-0.25, -0.2) is 0 Å². The zero-order valence-corrected chi connectivity index (χ0v) is 15.7. The van der Waals surface area contributed by atoms with Crippen LogP contribution in [0, 0.1) is 5.92 Å². The second-order valence-corrected chi connectivity index (χ2v) is 6.36. The average Bonchev–Trinajstić information content (AvgIpc) is 2.69. The molecule has 0 spiro atoms. The number of hydrogen-bond donors (Lipinski definition) is 0. The van der Waals surface area contributed by atoms with Crippen LogP contribution in [0.4, 0.5) is 0 Å². The van der Waals surface area contributed by atoms with Gasteiger partial charge in [-0.05, 0) is 54.5 Å². The lowest BCUT2D eigenvalue weighted by atomic mass is 9.77. The van der Waals surface area contributed by atoms with E-state index in [-0.39, 0.29) is 13.2 Å². The Morgan fingerprint density at radius 1 is 0.852 bits per heavy atom. The van der Waals surface area contributed by atoms with E-state index in [2.05, 4.69) is 6.07 Å². The third-order valence-corrected chi connectivity index (χ3v) is 4.73. The lowest BCUT2D eigenvalue weighted by molar-refractivity contribution is -0.159. The van der Waals surface area contributed by atoms with Gasteiger partial charge < -0.3 is 9.47 Å². The van der Waals surface area contributed by atoms with Gasteiger partial charge in [0.2, 0.25) is 0 Å². The molecule has 0 radical (unpaired) electrons. The number of fused-ring (bicyclic) bond motifs is 1. The van der Waals surface area contributed by atoms with Crippen molar-refractivity contribution >= 4 is 17.5 Å². The highest BCUT2D eigenvalue weighted by Gasteiger charge is 2.37. The third-order valence-electron chi connectivity index (χ3n) is 4.73. The van der Waals surface area contributed by atoms with E-state index in [1.165, 1.54) is 5.56 Å². The third kappa shape index (κ3) is 3.95. The zero-order chi connectivity index (χ0) is 19.2. The van der Waals surface area contributed by atoms with Crippen molar-refractivity contribution in [2.45, 2.75) is 26.7 Å². The molecule has 1 aliphatic carbocycles. The summed E-state index contributed by atoms with van der Waals surface area (Å²) >= 11 is 0. The van der Waals surface area contributed by atoms with Crippen LogP contribution in [0.15, 0.2) is 60.2 Å². The summed E-state index contributed by atoms with van der Waals surface area (Å²) in [6, 6.07) is 18.0. The molecule has 0 aliphatic heterocycles. The van der Waals surface area contributed by atoms with E-state index in [9.17, 15) is 9.59 Å². The second-order valence-electron chi connectivity index (χ2n) is 6.36. The van der Waals surface area contributed by atoms with Crippen molar-refractivity contribution in [3.63, 3.8) is 0 Å². The van der Waals surface area contributed by atoms with Crippen molar-refractivity contribution < 1.29 is 19.1 Å². The maximum absolute atomic E-state index is 12.7. The Balaban J connectivity index is 2.21. The molecule has 4 heteroatoms. The van der Waals surface area contributed by atoms with E-state index >= 15 is 0 Å². The van der Waals surface area contributed by atoms with Gasteiger partial charge in [0.25, 0.3) is 0 Å². The summed E-state index contributed by atoms with van der Waals surface area (Å²) < 4.78 is 10.4. The Labute approximate surface area is 159 Å². The molecule has 140 valence electrons. The Bertz CT molecular complexity index is 834. The largest absolute Gasteiger partial charge is 0.465 e. The van der Waals surface area contributed by atoms with Gasteiger partial charge in [-0.1, -0.05) is 54.6 Å². The minimum absolute atomic E-state index is 0.222. The van der Waals surface area contributed by atoms with E-state index in [0.717, 1.165) is 28.7 Å². The van der Waals surface area contributed by atoms with Crippen molar-refractivity contribution in [3.8, 4) is 0 Å². The monoisotopic (exact) mass is 364 g/mol. The van der Waals surface area contributed by atoms with Crippen LogP contribution < -0.4 is 0 Å². The summed E-state index contributed by atoms with van der Waals surface area (Å²) in [7, 11) is 0. The highest BCUT2D eigenvalue weighted by atomic mass is 16.6. The second kappa shape index (κ2) is 8.67. The first-order valence-corrected chi connectivity index (χ1v) is 9.37. The molecule has 0 N–H and O–H groups in total. The molecule has 0 aromatic heterocycles. The Kier molecular flexibility index (Phi) is 6.07. The molecule has 2 aromatic carbocycles. The van der Waals surface area contributed by atoms with Crippen LogP contribution >= 0.6 is 0 Å². The first kappa shape index (κ1) is 18.9. The quantitative estimate of drug-likeness (QED) is 0.570. The van der Waals surface area contributed by atoms with E-state index in [1.54, 1.807) is 13.8 Å². The topological polar surface area (TPSA) is 52.6 Å². The predicted molar refractivity (Wildman–Crippen MR) is 104 cm³/mol. The van der Waals surface area contributed by atoms with E-state index < -0.39 is 17.9 Å². The highest BCUT2D eigenvalue weighted by Crippen LogP contribution is 2.39. The van der Waals surface area contributed by atoms with Crippen LogP contribution in [0.5, 0.6) is 0 Å². The molecule has 0 amide bonds. The molecule has 0 heterocycles. The summed E-state index contributed by atoms with van der Waals surface area (Å²) in [5.41, 5.74) is 4.97. The molecule has 4 nitrogen and oxygen atoms in total. The van der Waals surface area contributed by atoms with Crippen molar-refractivity contribution in [3.05, 3.63) is 76.9 Å². The minimum Gasteiger partial charge on any atom is -0.465 e. The Morgan fingerprint density at radius 2 is 1.44 bits per heavy atom. The van der Waals surface area contributed by atoms with Gasteiger partial charge in [0.1, 0.15) is 0 Å². The van der Waals surface area contributed by atoms with Crippen molar-refractivity contribution in [2.75, 3.05) is 13.2 Å². The van der Waals surface area contributed by atoms with Crippen LogP contribution in [0.3, 0.4) is 0 Å². The van der Waals surface area contributed by atoms with Gasteiger partial charge in [0, 0.05) is 0 Å². The fourth-order valence-corrected chi connectivity index (χ4v) is 3.62. The molecule has 1 aliphatic rings. The van der Waals surface area contributed by atoms with E-state index in [4.69, 9.17) is 9.47 Å². The summed E-state index contributed by atoms with van der Waals surface area (Å²) in [6.45, 7) is 3.92. The van der Waals surface area contributed by atoms with Gasteiger partial charge in [-0.15, -0.1) is 0 Å². The van der Waals surface area contributed by atoms with Crippen LogP contribution in [-0.4, -0.2) is 25.2 Å². The number of rotatable bonds is 6. The van der Waals surface area contributed by atoms with Crippen molar-refractivity contribution in [1.29, 1.82) is 0 Å². The first-order valence-electron chi connectivity index (χ1n) is 9.37. The fraction of sp³-hybridized carbons (Fsp3) is 0.304. The summed E-state index contributed by atoms with van der Waals surface area (Å²) in [5, 5.41) is 0. The van der Waals surface area contributed by atoms with Gasteiger partial charge >= 0.3 is 11.9 Å². The lowest BCUT2D eigenvalue weighted by Crippen LogP contribution is -2.31. The zero-order valence-electron chi connectivity index (χ0n) is 15.7. The molecule has 0 atom stereocenters. The minimum atomic E-state index is -1.03. The van der Waals surface area contributed by atoms with Crippen LogP contribution in [0.2, 0.25) is 0 Å². The Hall–Kier alpha value is -2.88. The Morgan fingerprint density at radius 3 is 2.07 bits per heavy atom. The van der Waals surface area contributed by atoms with Gasteiger partial charge in [0.05, 0.1) is 13.2 Å². The van der Waals surface area contributed by atoms with E-state index in [0.29, 0.717) is 6.42 Å². The summed E-state index contributed by atoms with van der Waals surface area (Å²) in [5.74, 6) is -2.12. The standard InChI is InChI=1S/C23H24O4/c1-3-26-22(24)21(23(25)27-4-2)19-15-14-16-10-8-9-13-18(16)20(19)17-11-6-5-7-12-17/h5-13,21H,3-4,14-15H2,1-2H3. The summed E-state index contributed by atoms with van der Waals surface area (Å²) in [4.78, 5) is 25.4. The lowest BCUT2D eigenvalue weighted by Gasteiger charge is -2.27. The van der Waals surface area contributed by atoms with Crippen molar-refractivity contribution in [2.24, 2.45) is 5.92 Å². The normalized spacial score (nSPS) is 13.3. The number of aryl methyl sites for hydroxylation is 1. The van der Waals surface area contributed by atoms with Crippen LogP contribution in [0.25, 0.3) is 5.57 Å². The number of hydrogen-bond acceptors (Lipinski definition) is 4. The molecule has 3 rings (SSSR count). The van der Waals surface area contributed by atoms with Crippen LogP contribution in [-0.2, 0) is 25.5 Å². The SMILES string of the molecule is CCOC(=O)C(C(=O)OCC)C1=C(c2ccccc2)c2ccccc2CC1. The molecule has 2 aromatic rings. The van der Waals surface area contributed by atoms with Crippen molar-refractivity contribution in [1.82, 2.24) is 0 Å². The van der Waals surface area contributed by atoms with Gasteiger partial charge in [0.15, 0.2) is 5.92 Å². The molecule has 0 saturated heterocycles. The average molecular weight is 364 g/mol. The number of benzene rings is 2. The number of esters is 2. The molecule has 0 unspecified atom stereocenters. The van der Waals surface area contributed by atoms with Gasteiger partial charge in [-0.2, -0.15) is 0 Å². The van der Waals surface area contributed by atoms with E-state index in [1.807, 2.05) is 48.5 Å². The fourth-order valence-electron chi connectivity index (χ4n) is 3.62.